The Morgan fingerprint density at radius 2 is 1.09 bits per heavy atom. The first-order valence-electron chi connectivity index (χ1n) is 34.4. The standard InChI is InChI=1S/C32H44ClN7O3Si.C24H38IN5O3Si.C13H17BClN3O2/c1-32(2,3)43-31(41)35-20-14-21-8-9-22(15-20)40(21)27-16-34-29-24(23-10-11-26-25(28(23)33)17-38(4)37-26)18-39(30(29)36-27)19-42-12-13-44(5,6)7;1-24(2,3)33-23(31)27-16-11-17-7-8-18(12-16)30(17)20-13-26-21-19(25)14-29(22(21)28-20)15-32-9-10-34(4,5)6;1-12(2)13(3,4)20-14(19-12)8-6-7-9-11(10(8)15)17-18(5)16-9/h10-11,16-18,20-22H,8-9,12-15,19H2,1-7H3,(H,35,41);13-14,16-18H,7-12,15H2,1-6H3,(H,27,31);6-7H,1-5H3/t20?,21-,22+;16?,17-,18+;. The van der Waals surface area contributed by atoms with E-state index in [-0.39, 0.29) is 36.4 Å². The summed E-state index contributed by atoms with van der Waals surface area (Å²) >= 11 is 15.7. The fourth-order valence-electron chi connectivity index (χ4n) is 13.7. The van der Waals surface area contributed by atoms with E-state index in [1.807, 2.05) is 119 Å². The Balaban J connectivity index is 0.000000159. The Hall–Kier alpha value is -5.66. The maximum Gasteiger partial charge on any atom is 0.496 e. The summed E-state index contributed by atoms with van der Waals surface area (Å²) in [6.45, 7) is 35.9. The molecule has 98 heavy (non-hydrogen) atoms. The minimum atomic E-state index is -1.22. The van der Waals surface area contributed by atoms with Gasteiger partial charge in [0.05, 0.1) is 42.7 Å². The lowest BCUT2D eigenvalue weighted by Crippen LogP contribution is -2.51. The predicted octanol–water partition coefficient (Wildman–Crippen LogP) is 14.3. The van der Waals surface area contributed by atoms with Gasteiger partial charge in [0.1, 0.15) is 58.4 Å². The number of aryl methyl sites for hydroxylation is 2. The van der Waals surface area contributed by atoms with E-state index in [4.69, 9.17) is 71.4 Å². The third kappa shape index (κ3) is 17.1. The molecule has 5 fully saturated rings. The predicted molar refractivity (Wildman–Crippen MR) is 403 cm³/mol. The molecular formula is C69H99BCl2IN15O8Si2. The first-order chi connectivity index (χ1) is 45.9. The summed E-state index contributed by atoms with van der Waals surface area (Å²) in [4.78, 5) is 51.2. The van der Waals surface area contributed by atoms with Crippen LogP contribution in [0.2, 0.25) is 61.4 Å². The number of rotatable bonds is 16. The van der Waals surface area contributed by atoms with Crippen LogP contribution in [0.25, 0.3) is 55.4 Å². The van der Waals surface area contributed by atoms with Crippen LogP contribution in [-0.4, -0.2) is 161 Å². The van der Waals surface area contributed by atoms with Gasteiger partial charge in [0.25, 0.3) is 0 Å². The molecule has 5 aliphatic rings. The second-order valence-electron chi connectivity index (χ2n) is 32.4. The number of halogens is 3. The van der Waals surface area contributed by atoms with E-state index in [1.54, 1.807) is 11.7 Å². The molecule has 2 amide bonds. The maximum absolute atomic E-state index is 12.5. The Bertz CT molecular complexity index is 4170. The van der Waals surface area contributed by atoms with Crippen LogP contribution < -0.4 is 25.9 Å². The summed E-state index contributed by atoms with van der Waals surface area (Å²) < 4.78 is 42.3. The van der Waals surface area contributed by atoms with Crippen LogP contribution in [-0.2, 0) is 55.8 Å². The second-order valence-corrected chi connectivity index (χ2v) is 45.6. The number of hydrogen-bond acceptors (Lipinski definition) is 17. The highest BCUT2D eigenvalue weighted by Gasteiger charge is 2.53. The lowest BCUT2D eigenvalue weighted by Gasteiger charge is -2.40. The minimum Gasteiger partial charge on any atom is -0.444 e. The van der Waals surface area contributed by atoms with Crippen molar-refractivity contribution in [3.63, 3.8) is 0 Å². The Kier molecular flexibility index (Phi) is 21.5. The number of carbonyl (C=O) groups is 2. The molecule has 4 bridgehead atoms. The summed E-state index contributed by atoms with van der Waals surface area (Å²) in [7, 11) is 0.840. The van der Waals surface area contributed by atoms with E-state index < -0.39 is 45.7 Å². The molecule has 2 N–H and O–H groups in total. The fourth-order valence-corrected chi connectivity index (χ4v) is 16.5. The van der Waals surface area contributed by atoms with E-state index >= 15 is 0 Å². The van der Waals surface area contributed by atoms with E-state index in [0.717, 1.165) is 141 Å². The van der Waals surface area contributed by atoms with Crippen molar-refractivity contribution < 1.29 is 37.8 Å². The zero-order valence-corrected chi connectivity index (χ0v) is 66.0. The number of ether oxygens (including phenoxy) is 4. The van der Waals surface area contributed by atoms with Gasteiger partial charge in [-0.05, 0) is 167 Å². The first kappa shape index (κ1) is 73.6. The van der Waals surface area contributed by atoms with Gasteiger partial charge in [-0.2, -0.15) is 20.1 Å². The molecule has 2 unspecified atom stereocenters. The zero-order chi connectivity index (χ0) is 70.8. The summed E-state index contributed by atoms with van der Waals surface area (Å²) in [6.07, 6.45) is 17.0. The van der Waals surface area contributed by atoms with Gasteiger partial charge >= 0.3 is 19.3 Å². The average Bonchev–Trinajstić information content (AvgIpc) is 1.59. The van der Waals surface area contributed by atoms with Crippen molar-refractivity contribution in [2.45, 2.75) is 244 Å². The van der Waals surface area contributed by atoms with Crippen molar-refractivity contribution >= 4 is 143 Å². The van der Waals surface area contributed by atoms with Gasteiger partial charge in [-0.1, -0.05) is 74.6 Å². The van der Waals surface area contributed by atoms with Crippen LogP contribution in [0.1, 0.15) is 121 Å². The molecule has 530 valence electrons. The molecule has 8 aromatic rings. The molecule has 5 saturated heterocycles. The van der Waals surface area contributed by atoms with Crippen molar-refractivity contribution in [1.29, 1.82) is 0 Å². The van der Waals surface area contributed by atoms with Gasteiger partial charge in [-0.15, -0.1) is 0 Å². The SMILES string of the molecule is CC(C)(C)OC(=O)NC1C[C@H]2CC[C@@H](C1)N2c1cnc2c(I)cn(COCC[Si](C)(C)C)c2n1.Cn1cc2c(Cl)c(-c3cn(COCC[Si](C)(C)C)c4nc(N5[C@@H]6CC[C@H]5CC(NC(=O)OC(C)(C)C)C6)cnc34)ccc2n1.Cn1nc2ccc(B3OC(C)(C)C(C)(C)O3)c(Cl)c2n1. The molecule has 5 aliphatic heterocycles. The highest BCUT2D eigenvalue weighted by molar-refractivity contribution is 14.1. The smallest absolute Gasteiger partial charge is 0.444 e. The highest BCUT2D eigenvalue weighted by atomic mass is 127. The van der Waals surface area contributed by atoms with E-state index in [1.165, 1.54) is 4.80 Å². The topological polar surface area (TPSA) is 230 Å². The number of nitrogens with zero attached hydrogens (tertiary/aromatic N) is 13. The molecule has 13 rings (SSSR count). The van der Waals surface area contributed by atoms with Crippen molar-refractivity contribution in [1.82, 2.24) is 64.5 Å². The zero-order valence-electron chi connectivity index (χ0n) is 60.4. The molecule has 23 nitrogen and oxygen atoms in total. The molecule has 11 heterocycles. The Labute approximate surface area is 602 Å². The number of anilines is 2. The quantitative estimate of drug-likeness (QED) is 0.0520. The van der Waals surface area contributed by atoms with Crippen molar-refractivity contribution in [2.24, 2.45) is 14.1 Å². The number of alkyl carbamates (subject to hydrolysis) is 2. The molecule has 0 radical (unpaired) electrons. The van der Waals surface area contributed by atoms with E-state index in [0.29, 0.717) is 47.7 Å². The number of nitrogens with one attached hydrogen (secondary N) is 2. The number of carbonyl (C=O) groups excluding carboxylic acids is 2. The normalized spacial score (nSPS) is 21.4. The van der Waals surface area contributed by atoms with Crippen LogP contribution in [0.3, 0.4) is 0 Å². The summed E-state index contributed by atoms with van der Waals surface area (Å²) in [6, 6.07) is 11.5. The molecule has 0 aliphatic carbocycles. The molecule has 0 spiro atoms. The lowest BCUT2D eigenvalue weighted by atomic mass is 9.79. The summed E-state index contributed by atoms with van der Waals surface area (Å²) in [5, 5.41) is 21.3. The van der Waals surface area contributed by atoms with Gasteiger partial charge in [0.15, 0.2) is 11.3 Å². The van der Waals surface area contributed by atoms with Gasteiger partial charge in [0, 0.05) is 120 Å². The second kappa shape index (κ2) is 28.6. The minimum absolute atomic E-state index is 0.0788. The summed E-state index contributed by atoms with van der Waals surface area (Å²) in [5.74, 6) is 1.79. The van der Waals surface area contributed by atoms with E-state index in [9.17, 15) is 9.59 Å². The molecule has 6 aromatic heterocycles. The fraction of sp³-hybridized carbons (Fsp3) is 0.609. The number of hydrogen-bond donors (Lipinski definition) is 2. The van der Waals surface area contributed by atoms with Gasteiger partial charge in [0.2, 0.25) is 0 Å². The largest absolute Gasteiger partial charge is 0.496 e. The van der Waals surface area contributed by atoms with Crippen LogP contribution >= 0.6 is 45.8 Å². The number of fused-ring (bicyclic) bond motifs is 8. The molecular weight excluding hydrogens is 1430 g/mol. The number of aromatic nitrogens is 11. The maximum atomic E-state index is 12.5. The monoisotopic (exact) mass is 1530 g/mol. The Morgan fingerprint density at radius 1 is 0.622 bits per heavy atom. The lowest BCUT2D eigenvalue weighted by molar-refractivity contribution is 0.00578. The van der Waals surface area contributed by atoms with Crippen LogP contribution in [0, 0.1) is 3.57 Å². The van der Waals surface area contributed by atoms with Gasteiger partial charge in [-0.25, -0.2) is 29.5 Å². The van der Waals surface area contributed by atoms with Gasteiger partial charge < -0.3 is 57.8 Å². The summed E-state index contributed by atoms with van der Waals surface area (Å²) in [5.41, 5.74) is 6.48. The average molecular weight is 1530 g/mol. The molecule has 29 heteroatoms. The number of benzene rings is 2. The van der Waals surface area contributed by atoms with Crippen molar-refractivity contribution in [3.8, 4) is 11.1 Å². The van der Waals surface area contributed by atoms with Crippen LogP contribution in [0.15, 0.2) is 55.2 Å². The molecule has 6 atom stereocenters. The highest BCUT2D eigenvalue weighted by Crippen LogP contribution is 2.44. The molecule has 2 aromatic carbocycles. The first-order valence-corrected chi connectivity index (χ1v) is 43.7. The number of piperidine rings is 2. The van der Waals surface area contributed by atoms with Crippen molar-refractivity contribution in [2.75, 3.05) is 23.0 Å². The van der Waals surface area contributed by atoms with Gasteiger partial charge in [-0.3, -0.25) is 4.68 Å². The third-order valence-electron chi connectivity index (χ3n) is 19.1. The third-order valence-corrected chi connectivity index (χ3v) is 24.1. The van der Waals surface area contributed by atoms with Crippen LogP contribution in [0.5, 0.6) is 0 Å². The van der Waals surface area contributed by atoms with Crippen LogP contribution in [0.4, 0.5) is 21.2 Å². The molecule has 0 saturated carbocycles. The Morgan fingerprint density at radius 3 is 1.58 bits per heavy atom. The van der Waals surface area contributed by atoms with E-state index in [2.05, 4.69) is 119 Å². The number of amides is 2. The van der Waals surface area contributed by atoms with Crippen molar-refractivity contribution in [3.05, 3.63) is 68.9 Å².